The number of carbonyl (C=O) groups is 1. The van der Waals surface area contributed by atoms with E-state index in [1.807, 2.05) is 38.1 Å². The van der Waals surface area contributed by atoms with E-state index in [0.29, 0.717) is 12.5 Å². The van der Waals surface area contributed by atoms with Crippen molar-refractivity contribution in [3.63, 3.8) is 0 Å². The topological polar surface area (TPSA) is 55.8 Å². The fraction of sp³-hybridized carbons (Fsp3) is 0.650. The normalized spacial score (nSPS) is 25.0. The van der Waals surface area contributed by atoms with Gasteiger partial charge in [-0.1, -0.05) is 12.1 Å². The van der Waals surface area contributed by atoms with Crippen molar-refractivity contribution in [2.45, 2.75) is 50.8 Å². The van der Waals surface area contributed by atoms with Gasteiger partial charge >= 0.3 is 0 Å². The number of piperazine rings is 1. The molecule has 0 aromatic heterocycles. The number of hydrogen-bond acceptors (Lipinski definition) is 4. The first-order valence-electron chi connectivity index (χ1n) is 9.35. The molecule has 5 heteroatoms. The molecule has 0 aliphatic carbocycles. The van der Waals surface area contributed by atoms with Crippen LogP contribution >= 0.6 is 0 Å². The fourth-order valence-electron chi connectivity index (χ4n) is 3.89. The summed E-state index contributed by atoms with van der Waals surface area (Å²) in [7, 11) is 2.17. The van der Waals surface area contributed by atoms with Crippen LogP contribution in [-0.4, -0.2) is 71.7 Å². The molecular formula is C20H31N3O2. The Hall–Kier alpha value is -1.43. The molecule has 1 aromatic carbocycles. The highest BCUT2D eigenvalue weighted by atomic mass is 16.3. The van der Waals surface area contributed by atoms with Crippen molar-refractivity contribution in [1.82, 2.24) is 15.1 Å². The van der Waals surface area contributed by atoms with Gasteiger partial charge in [0.2, 0.25) is 0 Å². The van der Waals surface area contributed by atoms with Crippen LogP contribution in [0.1, 0.15) is 42.6 Å². The number of benzene rings is 1. The minimum Gasteiger partial charge on any atom is -0.390 e. The van der Waals surface area contributed by atoms with E-state index in [9.17, 15) is 9.90 Å². The van der Waals surface area contributed by atoms with Crippen LogP contribution in [0.15, 0.2) is 24.3 Å². The van der Waals surface area contributed by atoms with E-state index in [-0.39, 0.29) is 11.9 Å². The van der Waals surface area contributed by atoms with Crippen LogP contribution in [0, 0.1) is 0 Å². The number of nitrogens with one attached hydrogen (secondary N) is 1. The van der Waals surface area contributed by atoms with Crippen molar-refractivity contribution in [3.05, 3.63) is 35.4 Å². The van der Waals surface area contributed by atoms with Gasteiger partial charge < -0.3 is 15.3 Å². The van der Waals surface area contributed by atoms with Crippen LogP contribution < -0.4 is 5.32 Å². The SMILES string of the molecule is CN1CCN2C[C@@H](NC(=O)c3cccc(CCC(C)(C)O)c3)C[C@H]2C1. The number of aliphatic hydroxyl groups is 1. The lowest BCUT2D eigenvalue weighted by molar-refractivity contribution is 0.0714. The Bertz CT molecular complexity index is 611. The van der Waals surface area contributed by atoms with Gasteiger partial charge in [-0.2, -0.15) is 0 Å². The lowest BCUT2D eigenvalue weighted by atomic mass is 9.98. The van der Waals surface area contributed by atoms with Crippen molar-refractivity contribution < 1.29 is 9.90 Å². The number of aryl methyl sites for hydroxylation is 1. The molecule has 0 spiro atoms. The average molecular weight is 345 g/mol. The van der Waals surface area contributed by atoms with Gasteiger partial charge in [0.25, 0.3) is 5.91 Å². The molecule has 2 aliphatic rings. The second-order valence-corrected chi connectivity index (χ2v) is 8.33. The second kappa shape index (κ2) is 7.44. The third kappa shape index (κ3) is 5.03. The molecule has 2 N–H and O–H groups in total. The third-order valence-corrected chi connectivity index (χ3v) is 5.37. The van der Waals surface area contributed by atoms with E-state index in [2.05, 4.69) is 22.2 Å². The summed E-state index contributed by atoms with van der Waals surface area (Å²) < 4.78 is 0. The van der Waals surface area contributed by atoms with E-state index >= 15 is 0 Å². The third-order valence-electron chi connectivity index (χ3n) is 5.37. The zero-order valence-corrected chi connectivity index (χ0v) is 15.7. The zero-order valence-electron chi connectivity index (χ0n) is 15.7. The average Bonchev–Trinajstić information content (AvgIpc) is 2.94. The van der Waals surface area contributed by atoms with Crippen molar-refractivity contribution >= 4 is 5.91 Å². The monoisotopic (exact) mass is 345 g/mol. The molecule has 3 rings (SSSR count). The number of likely N-dealkylation sites (N-methyl/N-ethyl adjacent to an activating group) is 1. The van der Waals surface area contributed by atoms with Gasteiger partial charge in [-0.15, -0.1) is 0 Å². The smallest absolute Gasteiger partial charge is 0.251 e. The molecule has 1 aromatic rings. The number of amides is 1. The van der Waals surface area contributed by atoms with Gasteiger partial charge in [-0.25, -0.2) is 0 Å². The summed E-state index contributed by atoms with van der Waals surface area (Å²) in [6.45, 7) is 7.90. The number of carbonyl (C=O) groups excluding carboxylic acids is 1. The number of rotatable bonds is 5. The Kier molecular flexibility index (Phi) is 5.46. The maximum atomic E-state index is 12.6. The molecule has 2 aliphatic heterocycles. The molecule has 5 nitrogen and oxygen atoms in total. The highest BCUT2D eigenvalue weighted by Gasteiger charge is 2.35. The van der Waals surface area contributed by atoms with E-state index in [4.69, 9.17) is 0 Å². The summed E-state index contributed by atoms with van der Waals surface area (Å²) in [6, 6.07) is 8.59. The van der Waals surface area contributed by atoms with Crippen LogP contribution in [-0.2, 0) is 6.42 Å². The summed E-state index contributed by atoms with van der Waals surface area (Å²) in [5.74, 6) is 0.0170. The summed E-state index contributed by atoms with van der Waals surface area (Å²) in [6.07, 6.45) is 2.50. The van der Waals surface area contributed by atoms with Gasteiger partial charge in [0, 0.05) is 43.8 Å². The predicted molar refractivity (Wildman–Crippen MR) is 99.8 cm³/mol. The summed E-state index contributed by atoms with van der Waals surface area (Å²) >= 11 is 0. The standard InChI is InChI=1S/C20H31N3O2/c1-20(2,25)8-7-15-5-4-6-16(11-15)19(24)21-17-12-18-14-22(3)9-10-23(18)13-17/h4-6,11,17-18,25H,7-10,12-14H2,1-3H3,(H,21,24)/t17-,18-/m0/s1. The van der Waals surface area contributed by atoms with E-state index in [0.717, 1.165) is 50.1 Å². The first kappa shape index (κ1) is 18.4. The zero-order chi connectivity index (χ0) is 18.0. The second-order valence-electron chi connectivity index (χ2n) is 8.33. The predicted octanol–water partition coefficient (Wildman–Crippen LogP) is 1.51. The molecule has 2 fully saturated rings. The highest BCUT2D eigenvalue weighted by molar-refractivity contribution is 5.94. The lowest BCUT2D eigenvalue weighted by Crippen LogP contribution is -2.48. The molecule has 0 radical (unpaired) electrons. The Morgan fingerprint density at radius 1 is 1.32 bits per heavy atom. The van der Waals surface area contributed by atoms with Gasteiger partial charge in [-0.05, 0) is 57.9 Å². The molecule has 0 unspecified atom stereocenters. The molecular weight excluding hydrogens is 314 g/mol. The minimum atomic E-state index is -0.681. The Morgan fingerprint density at radius 3 is 2.88 bits per heavy atom. The first-order valence-corrected chi connectivity index (χ1v) is 9.35. The molecule has 25 heavy (non-hydrogen) atoms. The molecule has 2 atom stereocenters. The van der Waals surface area contributed by atoms with Gasteiger partial charge in [-0.3, -0.25) is 9.69 Å². The van der Waals surface area contributed by atoms with E-state index < -0.39 is 5.60 Å². The van der Waals surface area contributed by atoms with Crippen LogP contribution in [0.4, 0.5) is 0 Å². The van der Waals surface area contributed by atoms with Crippen LogP contribution in [0.2, 0.25) is 0 Å². The maximum absolute atomic E-state index is 12.6. The van der Waals surface area contributed by atoms with E-state index in [1.54, 1.807) is 0 Å². The van der Waals surface area contributed by atoms with Crippen molar-refractivity contribution in [3.8, 4) is 0 Å². The molecule has 138 valence electrons. The number of hydrogen-bond donors (Lipinski definition) is 2. The van der Waals surface area contributed by atoms with Gasteiger partial charge in [0.1, 0.15) is 0 Å². The first-order chi connectivity index (χ1) is 11.8. The molecule has 0 bridgehead atoms. The van der Waals surface area contributed by atoms with Crippen LogP contribution in [0.25, 0.3) is 0 Å². The Morgan fingerprint density at radius 2 is 2.12 bits per heavy atom. The van der Waals surface area contributed by atoms with Crippen LogP contribution in [0.3, 0.4) is 0 Å². The highest BCUT2D eigenvalue weighted by Crippen LogP contribution is 2.22. The lowest BCUT2D eigenvalue weighted by Gasteiger charge is -2.34. The van der Waals surface area contributed by atoms with E-state index in [1.165, 1.54) is 0 Å². The molecule has 2 saturated heterocycles. The Balaban J connectivity index is 1.56. The molecule has 1 amide bonds. The summed E-state index contributed by atoms with van der Waals surface area (Å²) in [5, 5.41) is 13.1. The van der Waals surface area contributed by atoms with Gasteiger partial charge in [0.05, 0.1) is 5.60 Å². The number of nitrogens with zero attached hydrogens (tertiary/aromatic N) is 2. The number of fused-ring (bicyclic) bond motifs is 1. The quantitative estimate of drug-likeness (QED) is 0.849. The van der Waals surface area contributed by atoms with Crippen molar-refractivity contribution in [2.75, 3.05) is 33.2 Å². The van der Waals surface area contributed by atoms with Crippen molar-refractivity contribution in [2.24, 2.45) is 0 Å². The maximum Gasteiger partial charge on any atom is 0.251 e. The summed E-state index contributed by atoms with van der Waals surface area (Å²) in [5.41, 5.74) is 1.13. The fourth-order valence-corrected chi connectivity index (χ4v) is 3.89. The minimum absolute atomic E-state index is 0.0170. The molecule has 2 heterocycles. The molecule has 0 saturated carbocycles. The Labute approximate surface area is 151 Å². The summed E-state index contributed by atoms with van der Waals surface area (Å²) in [4.78, 5) is 17.5. The largest absolute Gasteiger partial charge is 0.390 e. The van der Waals surface area contributed by atoms with Crippen molar-refractivity contribution in [1.29, 1.82) is 0 Å². The van der Waals surface area contributed by atoms with Gasteiger partial charge in [0.15, 0.2) is 0 Å². The van der Waals surface area contributed by atoms with Crippen LogP contribution in [0.5, 0.6) is 0 Å².